The Morgan fingerprint density at radius 3 is 2.65 bits per heavy atom. The lowest BCUT2D eigenvalue weighted by Crippen LogP contribution is -2.47. The van der Waals surface area contributed by atoms with Crippen molar-refractivity contribution in [2.45, 2.75) is 70.9 Å². The van der Waals surface area contributed by atoms with Crippen LogP contribution in [0.25, 0.3) is 0 Å². The number of hydrogen-bond donors (Lipinski definition) is 3. The molecular weight excluding hydrogens is 296 g/mol. The molecule has 3 N–H and O–H groups in total. The molecule has 2 rings (SSSR count). The molecule has 23 heavy (non-hydrogen) atoms. The highest BCUT2D eigenvalue weighted by Crippen LogP contribution is 2.27. The predicted octanol–water partition coefficient (Wildman–Crippen LogP) is 2.46. The molecule has 0 spiro atoms. The summed E-state index contributed by atoms with van der Waals surface area (Å²) in [6, 6.07) is -0.485. The number of hydrogen-bond acceptors (Lipinski definition) is 5. The van der Waals surface area contributed by atoms with Crippen molar-refractivity contribution < 1.29 is 14.4 Å². The lowest BCUT2D eigenvalue weighted by atomic mass is 9.83. The topological polar surface area (TPSA) is 100 Å². The van der Waals surface area contributed by atoms with Gasteiger partial charge in [-0.1, -0.05) is 31.3 Å². The summed E-state index contributed by atoms with van der Waals surface area (Å²) < 4.78 is 4.98. The Morgan fingerprint density at radius 2 is 2.09 bits per heavy atom. The highest BCUT2D eigenvalue weighted by Gasteiger charge is 2.26. The number of carbonyl (C=O) groups excluding carboxylic acids is 1. The number of carbonyl (C=O) groups is 1. The average Bonchev–Trinajstić information content (AvgIpc) is 2.99. The van der Waals surface area contributed by atoms with Crippen molar-refractivity contribution >= 4 is 6.03 Å². The number of aliphatic hydroxyl groups excluding tert-OH is 1. The van der Waals surface area contributed by atoms with Crippen molar-refractivity contribution in [3.05, 3.63) is 11.7 Å². The van der Waals surface area contributed by atoms with Gasteiger partial charge in [0.05, 0.1) is 6.04 Å². The Labute approximate surface area is 137 Å². The number of urea groups is 1. The van der Waals surface area contributed by atoms with Gasteiger partial charge in [-0.2, -0.15) is 4.98 Å². The van der Waals surface area contributed by atoms with E-state index in [9.17, 15) is 9.90 Å². The molecule has 0 aliphatic heterocycles. The molecule has 2 unspecified atom stereocenters. The number of aromatic nitrogens is 2. The Morgan fingerprint density at radius 1 is 1.35 bits per heavy atom. The van der Waals surface area contributed by atoms with E-state index < -0.39 is 0 Å². The van der Waals surface area contributed by atoms with Crippen LogP contribution in [0.2, 0.25) is 0 Å². The summed E-state index contributed by atoms with van der Waals surface area (Å²) >= 11 is 0. The average molecular weight is 324 g/mol. The van der Waals surface area contributed by atoms with Gasteiger partial charge >= 0.3 is 6.03 Å². The molecule has 130 valence electrons. The van der Waals surface area contributed by atoms with Crippen LogP contribution in [0, 0.1) is 12.8 Å². The van der Waals surface area contributed by atoms with Crippen molar-refractivity contribution in [3.63, 3.8) is 0 Å². The molecule has 1 aromatic heterocycles. The molecule has 2 atom stereocenters. The van der Waals surface area contributed by atoms with E-state index in [1.165, 1.54) is 19.3 Å². The number of aliphatic hydroxyl groups is 1. The van der Waals surface area contributed by atoms with E-state index in [-0.39, 0.29) is 24.7 Å². The molecule has 0 bridgehead atoms. The minimum atomic E-state index is -0.270. The normalized spacial score (nSPS) is 18.4. The van der Waals surface area contributed by atoms with Crippen LogP contribution < -0.4 is 10.6 Å². The third-order valence-corrected chi connectivity index (χ3v) is 4.54. The number of nitrogens with zero attached hydrogens (tertiary/aromatic N) is 2. The first-order valence-electron chi connectivity index (χ1n) is 8.62. The van der Waals surface area contributed by atoms with Gasteiger partial charge in [-0.05, 0) is 31.6 Å². The van der Waals surface area contributed by atoms with Crippen molar-refractivity contribution in [1.82, 2.24) is 20.8 Å². The molecule has 0 saturated heterocycles. The molecular formula is C16H28N4O3. The molecule has 7 nitrogen and oxygen atoms in total. The fraction of sp³-hybridized carbons (Fsp3) is 0.812. The standard InChI is InChI=1S/C16H28N4O3/c1-3-13(15-17-11(2)23-20-15)18-16(22)19-14(9-10-21)12-7-5-4-6-8-12/h12-14,21H,3-10H2,1-2H3,(H2,18,19,22). The second-order valence-corrected chi connectivity index (χ2v) is 6.27. The van der Waals surface area contributed by atoms with Gasteiger partial charge in [0.2, 0.25) is 5.89 Å². The first kappa shape index (κ1) is 17.7. The van der Waals surface area contributed by atoms with Crippen molar-refractivity contribution in [2.24, 2.45) is 5.92 Å². The van der Waals surface area contributed by atoms with Gasteiger partial charge in [-0.25, -0.2) is 4.79 Å². The first-order chi connectivity index (χ1) is 11.1. The second-order valence-electron chi connectivity index (χ2n) is 6.27. The fourth-order valence-electron chi connectivity index (χ4n) is 3.28. The predicted molar refractivity (Wildman–Crippen MR) is 85.8 cm³/mol. The second kappa shape index (κ2) is 8.86. The Bertz CT molecular complexity index is 485. The van der Waals surface area contributed by atoms with Crippen LogP contribution in [0.3, 0.4) is 0 Å². The lowest BCUT2D eigenvalue weighted by Gasteiger charge is -2.31. The summed E-state index contributed by atoms with van der Waals surface area (Å²) in [5.41, 5.74) is 0. The van der Waals surface area contributed by atoms with E-state index in [4.69, 9.17) is 4.52 Å². The Balaban J connectivity index is 1.91. The van der Waals surface area contributed by atoms with E-state index in [0.717, 1.165) is 12.8 Å². The molecule has 1 heterocycles. The minimum absolute atomic E-state index is 0.0183. The molecule has 1 fully saturated rings. The quantitative estimate of drug-likeness (QED) is 0.715. The smallest absolute Gasteiger partial charge is 0.315 e. The summed E-state index contributed by atoms with van der Waals surface area (Å²) in [7, 11) is 0. The summed E-state index contributed by atoms with van der Waals surface area (Å²) in [4.78, 5) is 16.5. The van der Waals surface area contributed by atoms with Gasteiger partial charge in [0, 0.05) is 19.6 Å². The zero-order valence-corrected chi connectivity index (χ0v) is 14.0. The van der Waals surface area contributed by atoms with Crippen LogP contribution >= 0.6 is 0 Å². The van der Waals surface area contributed by atoms with Crippen LogP contribution in [-0.2, 0) is 0 Å². The van der Waals surface area contributed by atoms with Gasteiger partial charge in [-0.3, -0.25) is 0 Å². The minimum Gasteiger partial charge on any atom is -0.396 e. The van der Waals surface area contributed by atoms with Gasteiger partial charge in [0.15, 0.2) is 5.82 Å². The van der Waals surface area contributed by atoms with E-state index in [0.29, 0.717) is 30.5 Å². The molecule has 1 aromatic rings. The van der Waals surface area contributed by atoms with Crippen molar-refractivity contribution in [1.29, 1.82) is 0 Å². The molecule has 1 aliphatic rings. The zero-order valence-electron chi connectivity index (χ0n) is 14.0. The highest BCUT2D eigenvalue weighted by molar-refractivity contribution is 5.74. The van der Waals surface area contributed by atoms with Crippen LogP contribution in [0.1, 0.15) is 69.6 Å². The van der Waals surface area contributed by atoms with E-state index in [2.05, 4.69) is 20.8 Å². The number of rotatable bonds is 7. The third-order valence-electron chi connectivity index (χ3n) is 4.54. The third kappa shape index (κ3) is 5.20. The van der Waals surface area contributed by atoms with Crippen LogP contribution in [-0.4, -0.2) is 33.9 Å². The number of aryl methyl sites for hydroxylation is 1. The van der Waals surface area contributed by atoms with E-state index in [1.54, 1.807) is 6.92 Å². The van der Waals surface area contributed by atoms with Crippen LogP contribution in [0.4, 0.5) is 4.79 Å². The van der Waals surface area contributed by atoms with E-state index in [1.807, 2.05) is 6.92 Å². The Hall–Kier alpha value is -1.63. The van der Waals surface area contributed by atoms with E-state index >= 15 is 0 Å². The maximum atomic E-state index is 12.3. The van der Waals surface area contributed by atoms with Crippen molar-refractivity contribution in [2.75, 3.05) is 6.61 Å². The monoisotopic (exact) mass is 324 g/mol. The molecule has 1 aliphatic carbocycles. The molecule has 7 heteroatoms. The molecule has 2 amide bonds. The fourth-order valence-corrected chi connectivity index (χ4v) is 3.28. The summed E-state index contributed by atoms with van der Waals surface area (Å²) in [6.07, 6.45) is 7.18. The first-order valence-corrected chi connectivity index (χ1v) is 8.62. The Kier molecular flexibility index (Phi) is 6.83. The van der Waals surface area contributed by atoms with Crippen molar-refractivity contribution in [3.8, 4) is 0 Å². The lowest BCUT2D eigenvalue weighted by molar-refractivity contribution is 0.194. The van der Waals surface area contributed by atoms with Crippen LogP contribution in [0.15, 0.2) is 4.52 Å². The van der Waals surface area contributed by atoms with Gasteiger partial charge in [0.25, 0.3) is 0 Å². The molecule has 0 aromatic carbocycles. The maximum Gasteiger partial charge on any atom is 0.315 e. The summed E-state index contributed by atoms with van der Waals surface area (Å²) in [5.74, 6) is 1.44. The van der Waals surface area contributed by atoms with Crippen LogP contribution in [0.5, 0.6) is 0 Å². The zero-order chi connectivity index (χ0) is 16.7. The van der Waals surface area contributed by atoms with Gasteiger partial charge < -0.3 is 20.3 Å². The summed E-state index contributed by atoms with van der Waals surface area (Å²) in [6.45, 7) is 3.77. The molecule has 1 saturated carbocycles. The largest absolute Gasteiger partial charge is 0.396 e. The summed E-state index contributed by atoms with van der Waals surface area (Å²) in [5, 5.41) is 19.1. The van der Waals surface area contributed by atoms with Gasteiger partial charge in [0.1, 0.15) is 0 Å². The van der Waals surface area contributed by atoms with Gasteiger partial charge in [-0.15, -0.1) is 0 Å². The SMILES string of the molecule is CCC(NC(=O)NC(CCO)C1CCCCC1)c1noc(C)n1. The number of nitrogens with one attached hydrogen (secondary N) is 2. The highest BCUT2D eigenvalue weighted by atomic mass is 16.5. The maximum absolute atomic E-state index is 12.3. The number of amides is 2. The molecule has 0 radical (unpaired) electrons.